The van der Waals surface area contributed by atoms with Gasteiger partial charge in [-0.05, 0) is 192 Å². The van der Waals surface area contributed by atoms with Gasteiger partial charge in [0, 0.05) is 136 Å². The monoisotopic (exact) mass is 1790 g/mol. The number of imide groups is 2. The van der Waals surface area contributed by atoms with Crippen LogP contribution >= 0.6 is 0 Å². The van der Waals surface area contributed by atoms with Crippen molar-refractivity contribution in [1.82, 2.24) is 0 Å². The fourth-order valence-corrected chi connectivity index (χ4v) is 18.6. The summed E-state index contributed by atoms with van der Waals surface area (Å²) in [7, 11) is 5.51. The van der Waals surface area contributed by atoms with E-state index in [1.165, 1.54) is 52.7 Å². The van der Waals surface area contributed by atoms with E-state index in [-0.39, 0.29) is 128 Å². The Hall–Kier alpha value is -18.0. The Morgan fingerprint density at radius 2 is 0.404 bits per heavy atom. The van der Waals surface area contributed by atoms with Gasteiger partial charge in [-0.25, -0.2) is 9.80 Å². The minimum Gasteiger partial charge on any atom is -0.504 e. The van der Waals surface area contributed by atoms with E-state index in [1.54, 1.807) is 24.3 Å². The lowest BCUT2D eigenvalue weighted by molar-refractivity contribution is 0.0877. The molecule has 20 nitrogen and oxygen atoms in total. The first-order valence-corrected chi connectivity index (χ1v) is 44.3. The van der Waals surface area contributed by atoms with Crippen LogP contribution in [0, 0.1) is 0 Å². The van der Waals surface area contributed by atoms with Crippen molar-refractivity contribution in [3.8, 4) is 57.5 Å². The summed E-state index contributed by atoms with van der Waals surface area (Å²) in [6.07, 6.45) is 0. The lowest BCUT2D eigenvalue weighted by Crippen LogP contribution is -2.41. The van der Waals surface area contributed by atoms with Crippen LogP contribution in [-0.4, -0.2) is 62.3 Å². The number of anilines is 14. The summed E-state index contributed by atoms with van der Waals surface area (Å²) in [4.78, 5) is 77.4. The van der Waals surface area contributed by atoms with E-state index in [2.05, 4.69) is 19.6 Å². The number of carbonyl (C=O) groups excluding carboxylic acids is 4. The molecule has 0 spiro atoms. The highest BCUT2D eigenvalue weighted by atomic mass is 16.5. The number of nitrogens with zero attached hydrogens (tertiary/aromatic N) is 6. The fraction of sp³-hybridized carbons (Fsp3) is 0.0690. The number of amides is 4. The second-order valence-electron chi connectivity index (χ2n) is 32.8. The van der Waals surface area contributed by atoms with Crippen LogP contribution in [0.4, 0.5) is 79.6 Å². The van der Waals surface area contributed by atoms with Crippen molar-refractivity contribution >= 4 is 146 Å². The van der Waals surface area contributed by atoms with Gasteiger partial charge >= 0.3 is 0 Å². The maximum absolute atomic E-state index is 16.7. The van der Waals surface area contributed by atoms with Crippen molar-refractivity contribution in [2.75, 3.05) is 57.8 Å². The van der Waals surface area contributed by atoms with Gasteiger partial charge in [0.05, 0.1) is 62.1 Å². The molecule has 0 fully saturated rings. The molecule has 0 aromatic heterocycles. The number of hydrogen-bond donors (Lipinski definition) is 2. The first-order valence-electron chi connectivity index (χ1n) is 44.3. The second-order valence-corrected chi connectivity index (χ2v) is 32.8. The smallest absolute Gasteiger partial charge is 0.266 e. The van der Waals surface area contributed by atoms with Gasteiger partial charge in [0.2, 0.25) is 11.5 Å². The van der Waals surface area contributed by atoms with Gasteiger partial charge in [-0.15, -0.1) is 0 Å². The van der Waals surface area contributed by atoms with Crippen molar-refractivity contribution in [3.05, 3.63) is 433 Å². The van der Waals surface area contributed by atoms with Crippen LogP contribution in [0.2, 0.25) is 0 Å². The lowest BCUT2D eigenvalue weighted by atomic mass is 9.80. The predicted molar refractivity (Wildman–Crippen MR) is 534 cm³/mol. The zero-order chi connectivity index (χ0) is 92.6. The Bertz CT molecular complexity index is 6730. The number of fused-ring (bicyclic) bond motifs is 2. The molecule has 0 saturated heterocycles. The molecule has 2 aliphatic rings. The molecule has 0 unspecified atom stereocenters. The molecule has 21 rings (SSSR count). The van der Waals surface area contributed by atoms with Gasteiger partial charge in [-0.2, -0.15) is 0 Å². The number of aromatic hydroxyl groups is 2. The zero-order valence-electron chi connectivity index (χ0n) is 74.3. The minimum absolute atomic E-state index is 0.00227. The van der Waals surface area contributed by atoms with Crippen molar-refractivity contribution in [3.63, 3.8) is 0 Å². The Morgan fingerprint density at radius 3 is 0.588 bits per heavy atom. The number of phenolic OH excluding ortho intramolecular Hbond substituents is 2. The van der Waals surface area contributed by atoms with Crippen LogP contribution in [0.3, 0.4) is 0 Å². The van der Waals surface area contributed by atoms with Crippen molar-refractivity contribution in [1.29, 1.82) is 0 Å². The van der Waals surface area contributed by atoms with Gasteiger partial charge in [-0.1, -0.05) is 194 Å². The standard InChI is InChI=1S/C116H86N6O14/c1-129-101-63-89(61-95(123)111(101)131-3)121-113(125)91-65-97(133-69-73-45-53-85(54-46-73)117(77-29-13-5-14-30-77)78-31-15-6-16-32-78)105-107-99(135-71-75-49-57-87(58-50-75)119(81-37-21-9-22-38-81)82-39-23-10-24-40-82)67-93-104-94(116(128)122(115(93)127)90-62-96(124)112(132-4)102(64-90)130-2)68-100(136-72-76-51-59-88(60-52-76)120(83-41-25-11-26-42-83)84-43-27-12-28-44-84)108(110(104)107)106-98(66-92(114(121)126)103(91)109(105)106)134-70-74-47-55-86(56-48-74)118(79-33-17-7-18-34-79)80-35-19-8-20-36-80/h5-68,123-124H,69-72H2,1-4H3. The predicted octanol–water partition coefficient (Wildman–Crippen LogP) is 27.0. The number of methoxy groups -OCH3 is 4. The Labute approximate surface area is 783 Å². The summed E-state index contributed by atoms with van der Waals surface area (Å²) >= 11 is 0. The molecule has 2 N–H and O–H groups in total. The first kappa shape index (κ1) is 84.8. The molecule has 0 atom stereocenters. The molecule has 0 saturated carbocycles. The summed E-state index contributed by atoms with van der Waals surface area (Å²) in [5, 5.41) is 25.8. The lowest BCUT2D eigenvalue weighted by Gasteiger charge is -2.33. The van der Waals surface area contributed by atoms with Gasteiger partial charge in [0.25, 0.3) is 23.6 Å². The molecule has 2 aliphatic heterocycles. The quantitative estimate of drug-likeness (QED) is 0.0244. The average molecular weight is 1790 g/mol. The molecule has 0 bridgehead atoms. The topological polar surface area (TPSA) is 202 Å². The number of para-hydroxylation sites is 8. The number of hydrogen-bond acceptors (Lipinski definition) is 18. The molecule has 136 heavy (non-hydrogen) atoms. The molecule has 19 aromatic carbocycles. The van der Waals surface area contributed by atoms with E-state index in [0.29, 0.717) is 43.8 Å². The molecular weight excluding hydrogens is 1700 g/mol. The van der Waals surface area contributed by atoms with Crippen LogP contribution < -0.4 is 67.3 Å². The molecule has 19 aromatic rings. The van der Waals surface area contributed by atoms with E-state index in [4.69, 9.17) is 37.9 Å². The maximum Gasteiger partial charge on any atom is 0.266 e. The summed E-state index contributed by atoms with van der Waals surface area (Å²) in [5.74, 6) is -3.70. The third kappa shape index (κ3) is 15.5. The van der Waals surface area contributed by atoms with Crippen LogP contribution in [-0.2, 0) is 26.4 Å². The van der Waals surface area contributed by atoms with E-state index >= 15 is 19.2 Å². The van der Waals surface area contributed by atoms with E-state index in [0.717, 1.165) is 78.0 Å². The highest BCUT2D eigenvalue weighted by Gasteiger charge is 2.44. The highest BCUT2D eigenvalue weighted by Crippen LogP contribution is 2.59. The minimum atomic E-state index is -0.809. The van der Waals surface area contributed by atoms with Gasteiger partial charge in [0.15, 0.2) is 23.0 Å². The molecule has 0 aliphatic carbocycles. The SMILES string of the molecule is COc1cc(N2C(=O)c3cc(OCc4ccc(N(c5ccccc5)c5ccccc5)cc4)c4c5c(OCc6ccc(N(c7ccccc7)c7ccccc7)cc6)cc6c7c(cc(OCc8ccc(N(c9ccccc9)c9ccccc9)cc8)c(c8c(OCc9ccc(N(c%10ccccc%10)c%10ccccc%10)cc9)cc(c3c48)C2=O)c75)C(=O)N(c2cc(O)c(OC)c(OC)c2)C6=O)cc(O)c1OC. The van der Waals surface area contributed by atoms with E-state index < -0.39 is 35.1 Å². The molecule has 0 radical (unpaired) electrons. The molecule has 664 valence electrons. The van der Waals surface area contributed by atoms with Crippen LogP contribution in [0.5, 0.6) is 57.5 Å². The second kappa shape index (κ2) is 36.4. The van der Waals surface area contributed by atoms with Gasteiger partial charge in [-0.3, -0.25) is 19.2 Å². The average Bonchev–Trinajstić information content (AvgIpc) is 0.669. The van der Waals surface area contributed by atoms with Crippen molar-refractivity contribution in [2.24, 2.45) is 0 Å². The van der Waals surface area contributed by atoms with Crippen LogP contribution in [0.15, 0.2) is 388 Å². The summed E-state index contributed by atoms with van der Waals surface area (Å²) in [5.41, 5.74) is 13.5. The third-order valence-corrected chi connectivity index (χ3v) is 24.8. The van der Waals surface area contributed by atoms with E-state index in [1.807, 2.05) is 340 Å². The molecular formula is C116H86N6O14. The summed E-state index contributed by atoms with van der Waals surface area (Å²) < 4.78 is 53.0. The molecule has 4 amide bonds. The highest BCUT2D eigenvalue weighted by molar-refractivity contribution is 6.48. The number of phenols is 2. The van der Waals surface area contributed by atoms with Crippen LogP contribution in [0.25, 0.3) is 43.1 Å². The number of carbonyl (C=O) groups is 4. The fourth-order valence-electron chi connectivity index (χ4n) is 18.6. The maximum atomic E-state index is 16.7. The molecule has 20 heteroatoms. The Balaban J connectivity index is 0.831. The number of benzene rings is 19. The van der Waals surface area contributed by atoms with Gasteiger partial charge < -0.3 is 67.7 Å². The summed E-state index contributed by atoms with van der Waals surface area (Å²) in [6, 6.07) is 124. The van der Waals surface area contributed by atoms with Crippen molar-refractivity contribution < 1.29 is 67.3 Å². The number of rotatable bonds is 30. The largest absolute Gasteiger partial charge is 0.504 e. The zero-order valence-corrected chi connectivity index (χ0v) is 74.3. The Morgan fingerprint density at radius 1 is 0.213 bits per heavy atom. The Kier molecular flexibility index (Phi) is 22.7. The van der Waals surface area contributed by atoms with Crippen LogP contribution in [0.1, 0.15) is 63.7 Å². The van der Waals surface area contributed by atoms with E-state index in [9.17, 15) is 10.2 Å². The number of ether oxygens (including phenoxy) is 8. The summed E-state index contributed by atoms with van der Waals surface area (Å²) in [6.45, 7) is -0.552. The normalized spacial score (nSPS) is 12.2. The van der Waals surface area contributed by atoms with Gasteiger partial charge in [0.1, 0.15) is 49.4 Å². The third-order valence-electron chi connectivity index (χ3n) is 24.8. The van der Waals surface area contributed by atoms with Crippen molar-refractivity contribution in [2.45, 2.75) is 26.4 Å². The molecule has 2 heterocycles. The first-order chi connectivity index (χ1) is 66.8.